The molecular formula is C12H17FN2O3S. The second-order valence-corrected chi connectivity index (χ2v) is 6.36. The van der Waals surface area contributed by atoms with Gasteiger partial charge in [-0.3, -0.25) is 0 Å². The number of nitrogens with zero attached hydrogens (tertiary/aromatic N) is 1. The van der Waals surface area contributed by atoms with Crippen LogP contribution in [0.15, 0.2) is 23.1 Å². The van der Waals surface area contributed by atoms with Gasteiger partial charge in [-0.25, -0.2) is 17.9 Å². The highest BCUT2D eigenvalue weighted by Gasteiger charge is 2.22. The maximum atomic E-state index is 14.0. The lowest BCUT2D eigenvalue weighted by Crippen LogP contribution is -2.37. The maximum absolute atomic E-state index is 14.0. The summed E-state index contributed by atoms with van der Waals surface area (Å²) in [5, 5.41) is 14.1. The van der Waals surface area contributed by atoms with Gasteiger partial charge in [0.15, 0.2) is 0 Å². The number of aliphatic hydroxyl groups excluding tert-OH is 1. The minimum atomic E-state index is -3.89. The first-order valence-electron chi connectivity index (χ1n) is 6.10. The molecule has 0 saturated carbocycles. The predicted octanol–water partition coefficient (Wildman–Crippen LogP) is 0.682. The van der Waals surface area contributed by atoms with Crippen LogP contribution in [-0.4, -0.2) is 33.2 Å². The van der Waals surface area contributed by atoms with Crippen molar-refractivity contribution in [2.45, 2.75) is 17.7 Å². The average molecular weight is 288 g/mol. The summed E-state index contributed by atoms with van der Waals surface area (Å²) in [5.74, 6) is -0.476. The van der Waals surface area contributed by atoms with Gasteiger partial charge in [-0.1, -0.05) is 0 Å². The standard InChI is InChI=1S/C12H17FN2O3S/c13-11-6-10(19(14,17)18)3-4-12(11)15-5-1-2-9(7-15)8-16/h3-4,6,9,16H,1-2,5,7-8H2,(H2,14,17,18). The van der Waals surface area contributed by atoms with Crippen molar-refractivity contribution in [2.75, 3.05) is 24.6 Å². The molecule has 19 heavy (non-hydrogen) atoms. The SMILES string of the molecule is NS(=O)(=O)c1ccc(N2CCCC(CO)C2)c(F)c1. The minimum absolute atomic E-state index is 0.0768. The van der Waals surface area contributed by atoms with Gasteiger partial charge in [0.05, 0.1) is 10.6 Å². The summed E-state index contributed by atoms with van der Waals surface area (Å²) < 4.78 is 36.2. The fraction of sp³-hybridized carbons (Fsp3) is 0.500. The van der Waals surface area contributed by atoms with Gasteiger partial charge in [0.1, 0.15) is 5.82 Å². The number of benzene rings is 1. The summed E-state index contributed by atoms with van der Waals surface area (Å²) in [6.45, 7) is 1.34. The highest BCUT2D eigenvalue weighted by molar-refractivity contribution is 7.89. The van der Waals surface area contributed by atoms with Crippen LogP contribution in [0.2, 0.25) is 0 Å². The molecule has 1 aliphatic heterocycles. The van der Waals surface area contributed by atoms with Gasteiger partial charge in [0, 0.05) is 19.7 Å². The van der Waals surface area contributed by atoms with E-state index in [4.69, 9.17) is 10.2 Å². The van der Waals surface area contributed by atoms with Crippen LogP contribution in [0.1, 0.15) is 12.8 Å². The summed E-state index contributed by atoms with van der Waals surface area (Å²) >= 11 is 0. The number of sulfonamides is 1. The van der Waals surface area contributed by atoms with Crippen molar-refractivity contribution in [2.24, 2.45) is 11.1 Å². The van der Waals surface area contributed by atoms with E-state index in [-0.39, 0.29) is 17.4 Å². The van der Waals surface area contributed by atoms with Crippen LogP contribution in [-0.2, 0) is 10.0 Å². The fourth-order valence-corrected chi connectivity index (χ4v) is 2.88. The van der Waals surface area contributed by atoms with Crippen LogP contribution in [0, 0.1) is 11.7 Å². The number of hydrogen-bond donors (Lipinski definition) is 2. The van der Waals surface area contributed by atoms with Crippen molar-refractivity contribution in [3.63, 3.8) is 0 Å². The molecule has 0 bridgehead atoms. The first kappa shape index (κ1) is 14.2. The molecule has 1 heterocycles. The monoisotopic (exact) mass is 288 g/mol. The Morgan fingerprint density at radius 2 is 2.21 bits per heavy atom. The van der Waals surface area contributed by atoms with Gasteiger partial charge in [-0.15, -0.1) is 0 Å². The van der Waals surface area contributed by atoms with Gasteiger partial charge in [0.2, 0.25) is 10.0 Å². The number of piperidine rings is 1. The Morgan fingerprint density at radius 1 is 1.47 bits per heavy atom. The van der Waals surface area contributed by atoms with Crippen LogP contribution >= 0.6 is 0 Å². The summed E-state index contributed by atoms with van der Waals surface area (Å²) in [4.78, 5) is 1.59. The molecule has 1 saturated heterocycles. The molecule has 1 unspecified atom stereocenters. The highest BCUT2D eigenvalue weighted by Crippen LogP contribution is 2.27. The number of anilines is 1. The van der Waals surface area contributed by atoms with E-state index in [9.17, 15) is 12.8 Å². The number of aliphatic hydroxyl groups is 1. The summed E-state index contributed by atoms with van der Waals surface area (Å²) in [7, 11) is -3.89. The van der Waals surface area contributed by atoms with E-state index in [1.54, 1.807) is 0 Å². The van der Waals surface area contributed by atoms with Crippen molar-refractivity contribution in [3.05, 3.63) is 24.0 Å². The quantitative estimate of drug-likeness (QED) is 0.857. The molecule has 106 valence electrons. The number of rotatable bonds is 3. The van der Waals surface area contributed by atoms with Gasteiger partial charge in [0.25, 0.3) is 0 Å². The molecule has 1 aromatic carbocycles. The molecule has 3 N–H and O–H groups in total. The molecule has 1 atom stereocenters. The van der Waals surface area contributed by atoms with E-state index < -0.39 is 15.8 Å². The average Bonchev–Trinajstić information content (AvgIpc) is 2.37. The first-order valence-corrected chi connectivity index (χ1v) is 7.64. The molecule has 1 aliphatic rings. The predicted molar refractivity (Wildman–Crippen MR) is 69.8 cm³/mol. The van der Waals surface area contributed by atoms with E-state index >= 15 is 0 Å². The maximum Gasteiger partial charge on any atom is 0.238 e. The molecule has 0 spiro atoms. The van der Waals surface area contributed by atoms with Crippen LogP contribution < -0.4 is 10.0 Å². The van der Waals surface area contributed by atoms with Crippen molar-refractivity contribution < 1.29 is 17.9 Å². The Kier molecular flexibility index (Phi) is 4.07. The molecule has 0 aliphatic carbocycles. The Labute approximate surface area is 111 Å². The normalized spacial score (nSPS) is 20.6. The Hall–Kier alpha value is -1.18. The van der Waals surface area contributed by atoms with Crippen molar-refractivity contribution in [1.29, 1.82) is 0 Å². The molecule has 1 fully saturated rings. The molecule has 5 nitrogen and oxygen atoms in total. The second kappa shape index (κ2) is 5.44. The zero-order valence-corrected chi connectivity index (χ0v) is 11.2. The Bertz CT molecular complexity index is 562. The van der Waals surface area contributed by atoms with Crippen molar-refractivity contribution in [3.8, 4) is 0 Å². The molecule has 1 aromatic rings. The summed E-state index contributed by atoms with van der Waals surface area (Å²) in [5.41, 5.74) is 0.352. The van der Waals surface area contributed by atoms with E-state index in [0.29, 0.717) is 18.8 Å². The van der Waals surface area contributed by atoms with Crippen LogP contribution in [0.5, 0.6) is 0 Å². The van der Waals surface area contributed by atoms with Gasteiger partial charge in [-0.05, 0) is 37.0 Å². The van der Waals surface area contributed by atoms with Crippen LogP contribution in [0.4, 0.5) is 10.1 Å². The smallest absolute Gasteiger partial charge is 0.238 e. The van der Waals surface area contributed by atoms with Gasteiger partial charge in [-0.2, -0.15) is 0 Å². The van der Waals surface area contributed by atoms with E-state index in [1.807, 2.05) is 4.90 Å². The number of hydrogen-bond acceptors (Lipinski definition) is 4. The lowest BCUT2D eigenvalue weighted by Gasteiger charge is -2.33. The largest absolute Gasteiger partial charge is 0.396 e. The molecular weight excluding hydrogens is 271 g/mol. The van der Waals surface area contributed by atoms with E-state index in [2.05, 4.69) is 0 Å². The molecule has 0 amide bonds. The van der Waals surface area contributed by atoms with E-state index in [1.165, 1.54) is 12.1 Å². The zero-order chi connectivity index (χ0) is 14.0. The lowest BCUT2D eigenvalue weighted by atomic mass is 9.98. The number of halogens is 1. The third-order valence-corrected chi connectivity index (χ3v) is 4.28. The van der Waals surface area contributed by atoms with Crippen LogP contribution in [0.3, 0.4) is 0 Å². The fourth-order valence-electron chi connectivity index (χ4n) is 2.35. The summed E-state index contributed by atoms with van der Waals surface area (Å²) in [6.07, 6.45) is 1.80. The third kappa shape index (κ3) is 3.23. The molecule has 0 radical (unpaired) electrons. The van der Waals surface area contributed by atoms with Crippen LogP contribution in [0.25, 0.3) is 0 Å². The van der Waals surface area contributed by atoms with Gasteiger partial charge < -0.3 is 10.0 Å². The van der Waals surface area contributed by atoms with Crippen molar-refractivity contribution in [1.82, 2.24) is 0 Å². The topological polar surface area (TPSA) is 83.6 Å². The Balaban J connectivity index is 2.26. The molecule has 0 aromatic heterocycles. The molecule has 2 rings (SSSR count). The summed E-state index contributed by atoms with van der Waals surface area (Å²) in [6, 6.07) is 3.67. The second-order valence-electron chi connectivity index (χ2n) is 4.80. The van der Waals surface area contributed by atoms with Gasteiger partial charge >= 0.3 is 0 Å². The Morgan fingerprint density at radius 3 is 2.79 bits per heavy atom. The van der Waals surface area contributed by atoms with E-state index in [0.717, 1.165) is 18.9 Å². The third-order valence-electron chi connectivity index (χ3n) is 3.37. The lowest BCUT2D eigenvalue weighted by molar-refractivity contribution is 0.208. The minimum Gasteiger partial charge on any atom is -0.396 e. The number of nitrogens with two attached hydrogens (primary N) is 1. The number of primary sulfonamides is 1. The first-order chi connectivity index (χ1) is 8.91. The highest BCUT2D eigenvalue weighted by atomic mass is 32.2. The molecule has 7 heteroatoms. The van der Waals surface area contributed by atoms with Crippen molar-refractivity contribution >= 4 is 15.7 Å². The zero-order valence-electron chi connectivity index (χ0n) is 10.4.